The van der Waals surface area contributed by atoms with Crippen molar-refractivity contribution >= 4 is 17.7 Å². The lowest BCUT2D eigenvalue weighted by Crippen LogP contribution is -2.30. The number of halogens is 2. The van der Waals surface area contributed by atoms with Gasteiger partial charge in [-0.05, 0) is 42.0 Å². The third-order valence-corrected chi connectivity index (χ3v) is 4.64. The zero-order valence-corrected chi connectivity index (χ0v) is 11.9. The van der Waals surface area contributed by atoms with E-state index in [1.54, 1.807) is 22.7 Å². The van der Waals surface area contributed by atoms with Crippen LogP contribution in [0.4, 0.5) is 8.78 Å². The van der Waals surface area contributed by atoms with Gasteiger partial charge >= 0.3 is 0 Å². The zero-order valence-electron chi connectivity index (χ0n) is 11.1. The molecule has 0 aromatic heterocycles. The first-order valence-corrected chi connectivity index (χ1v) is 7.63. The van der Waals surface area contributed by atoms with Crippen molar-refractivity contribution in [1.29, 1.82) is 0 Å². The van der Waals surface area contributed by atoms with Crippen LogP contribution in [0.2, 0.25) is 0 Å². The fourth-order valence-electron chi connectivity index (χ4n) is 2.37. The largest absolute Gasteiger partial charge is 0.322 e. The lowest BCUT2D eigenvalue weighted by Gasteiger charge is -2.24. The van der Waals surface area contributed by atoms with E-state index < -0.39 is 0 Å². The predicted octanol–water partition coefficient (Wildman–Crippen LogP) is 3.85. The molecule has 2 aromatic rings. The van der Waals surface area contributed by atoms with E-state index in [4.69, 9.17) is 0 Å². The van der Waals surface area contributed by atoms with Gasteiger partial charge in [-0.3, -0.25) is 4.79 Å². The second kappa shape index (κ2) is 5.85. The summed E-state index contributed by atoms with van der Waals surface area (Å²) < 4.78 is 26.3. The molecule has 1 aliphatic heterocycles. The Hall–Kier alpha value is -1.88. The molecule has 5 heteroatoms. The van der Waals surface area contributed by atoms with Crippen LogP contribution in [0.25, 0.3) is 0 Å². The molecule has 1 fully saturated rings. The molecular formula is C16H13F2NOS. The molecule has 0 saturated carbocycles. The number of carbonyl (C=O) groups excluding carboxylic acids is 1. The van der Waals surface area contributed by atoms with Crippen LogP contribution < -0.4 is 0 Å². The van der Waals surface area contributed by atoms with Gasteiger partial charge in [-0.25, -0.2) is 8.78 Å². The number of nitrogens with zero attached hydrogens (tertiary/aromatic N) is 1. The standard InChI is InChI=1S/C16H13F2NOS/c17-13-6-4-11(5-7-13)15(20)19-8-9-21-16(19)12-2-1-3-14(18)10-12/h1-7,10,16H,8-9H2/t16-/m0/s1. The Balaban J connectivity index is 1.87. The first-order valence-electron chi connectivity index (χ1n) is 6.59. The van der Waals surface area contributed by atoms with Gasteiger partial charge < -0.3 is 4.90 Å². The van der Waals surface area contributed by atoms with E-state index in [2.05, 4.69) is 0 Å². The van der Waals surface area contributed by atoms with Crippen LogP contribution in [0.1, 0.15) is 21.3 Å². The van der Waals surface area contributed by atoms with Crippen molar-refractivity contribution in [2.45, 2.75) is 5.37 Å². The van der Waals surface area contributed by atoms with E-state index in [-0.39, 0.29) is 22.9 Å². The average Bonchev–Trinajstić information content (AvgIpc) is 2.97. The van der Waals surface area contributed by atoms with Crippen molar-refractivity contribution in [2.24, 2.45) is 0 Å². The molecule has 0 spiro atoms. The Bertz CT molecular complexity index is 660. The van der Waals surface area contributed by atoms with Gasteiger partial charge in [-0.1, -0.05) is 12.1 Å². The van der Waals surface area contributed by atoms with Crippen LogP contribution in [-0.4, -0.2) is 23.1 Å². The van der Waals surface area contributed by atoms with Crippen LogP contribution in [-0.2, 0) is 0 Å². The van der Waals surface area contributed by atoms with Crippen LogP contribution in [0, 0.1) is 11.6 Å². The predicted molar refractivity (Wildman–Crippen MR) is 79.0 cm³/mol. The maximum Gasteiger partial charge on any atom is 0.255 e. The molecule has 1 aliphatic rings. The number of carbonyl (C=O) groups is 1. The number of thioether (sulfide) groups is 1. The third kappa shape index (κ3) is 2.93. The molecule has 1 saturated heterocycles. The van der Waals surface area contributed by atoms with Gasteiger partial charge in [0.1, 0.15) is 17.0 Å². The lowest BCUT2D eigenvalue weighted by molar-refractivity contribution is 0.0760. The monoisotopic (exact) mass is 305 g/mol. The topological polar surface area (TPSA) is 20.3 Å². The molecule has 3 rings (SSSR count). The summed E-state index contributed by atoms with van der Waals surface area (Å²) in [4.78, 5) is 14.2. The van der Waals surface area contributed by atoms with Gasteiger partial charge in [0.05, 0.1) is 0 Å². The van der Waals surface area contributed by atoms with E-state index in [0.717, 1.165) is 11.3 Å². The van der Waals surface area contributed by atoms with Crippen molar-refractivity contribution in [1.82, 2.24) is 4.90 Å². The van der Waals surface area contributed by atoms with Crippen LogP contribution in [0.5, 0.6) is 0 Å². The van der Waals surface area contributed by atoms with Crippen molar-refractivity contribution < 1.29 is 13.6 Å². The molecule has 1 atom stereocenters. The Morgan fingerprint density at radius 2 is 1.86 bits per heavy atom. The van der Waals surface area contributed by atoms with Crippen LogP contribution in [0.3, 0.4) is 0 Å². The highest BCUT2D eigenvalue weighted by Crippen LogP contribution is 2.38. The summed E-state index contributed by atoms with van der Waals surface area (Å²) in [5, 5.41) is -0.196. The molecule has 21 heavy (non-hydrogen) atoms. The molecule has 0 unspecified atom stereocenters. The van der Waals surface area contributed by atoms with Crippen molar-refractivity contribution in [3.8, 4) is 0 Å². The Labute approximate surface area is 125 Å². The second-order valence-electron chi connectivity index (χ2n) is 4.78. The molecule has 1 heterocycles. The van der Waals surface area contributed by atoms with Crippen LogP contribution in [0.15, 0.2) is 48.5 Å². The smallest absolute Gasteiger partial charge is 0.255 e. The number of hydrogen-bond acceptors (Lipinski definition) is 2. The molecule has 0 N–H and O–H groups in total. The maximum absolute atomic E-state index is 13.4. The minimum absolute atomic E-state index is 0.158. The highest BCUT2D eigenvalue weighted by atomic mass is 32.2. The van der Waals surface area contributed by atoms with E-state index in [1.165, 1.54) is 36.4 Å². The zero-order chi connectivity index (χ0) is 14.8. The summed E-state index contributed by atoms with van der Waals surface area (Å²) in [5.41, 5.74) is 1.22. The summed E-state index contributed by atoms with van der Waals surface area (Å²) in [6.45, 7) is 0.599. The minimum atomic E-state index is -0.371. The average molecular weight is 305 g/mol. The van der Waals surface area contributed by atoms with Crippen molar-refractivity contribution in [3.63, 3.8) is 0 Å². The first-order chi connectivity index (χ1) is 10.1. The summed E-state index contributed by atoms with van der Waals surface area (Å²) >= 11 is 1.60. The first kappa shape index (κ1) is 14.1. The summed E-state index contributed by atoms with van der Waals surface area (Å²) in [6, 6.07) is 11.8. The maximum atomic E-state index is 13.4. The molecule has 2 aromatic carbocycles. The summed E-state index contributed by atoms with van der Waals surface area (Å²) in [6.07, 6.45) is 0. The van der Waals surface area contributed by atoms with Crippen molar-refractivity contribution in [3.05, 3.63) is 71.3 Å². The quantitative estimate of drug-likeness (QED) is 0.840. The summed E-state index contributed by atoms with van der Waals surface area (Å²) in [7, 11) is 0. The number of benzene rings is 2. The Kier molecular flexibility index (Phi) is 3.92. The van der Waals surface area contributed by atoms with Crippen molar-refractivity contribution in [2.75, 3.05) is 12.3 Å². The molecule has 2 nitrogen and oxygen atoms in total. The second-order valence-corrected chi connectivity index (χ2v) is 5.97. The molecule has 108 valence electrons. The number of amides is 1. The molecule has 0 bridgehead atoms. The normalized spacial score (nSPS) is 18.0. The number of rotatable bonds is 2. The molecule has 1 amide bonds. The highest BCUT2D eigenvalue weighted by molar-refractivity contribution is 7.99. The fraction of sp³-hybridized carbons (Fsp3) is 0.188. The fourth-order valence-corrected chi connectivity index (χ4v) is 3.62. The summed E-state index contributed by atoms with van der Waals surface area (Å²) in [5.74, 6) is -0.0406. The lowest BCUT2D eigenvalue weighted by atomic mass is 10.1. The van der Waals surface area contributed by atoms with Gasteiger partial charge in [-0.15, -0.1) is 11.8 Å². The van der Waals surface area contributed by atoms with Gasteiger partial charge in [0.25, 0.3) is 5.91 Å². The van der Waals surface area contributed by atoms with Gasteiger partial charge in [0.15, 0.2) is 0 Å². The third-order valence-electron chi connectivity index (χ3n) is 3.38. The van der Waals surface area contributed by atoms with E-state index in [0.29, 0.717) is 12.1 Å². The van der Waals surface area contributed by atoms with Gasteiger partial charge in [-0.2, -0.15) is 0 Å². The minimum Gasteiger partial charge on any atom is -0.322 e. The molecule has 0 radical (unpaired) electrons. The molecular weight excluding hydrogens is 292 g/mol. The number of hydrogen-bond donors (Lipinski definition) is 0. The highest BCUT2D eigenvalue weighted by Gasteiger charge is 2.31. The van der Waals surface area contributed by atoms with Crippen LogP contribution >= 0.6 is 11.8 Å². The molecule has 0 aliphatic carbocycles. The Morgan fingerprint density at radius 1 is 1.10 bits per heavy atom. The van der Waals surface area contributed by atoms with E-state index in [9.17, 15) is 13.6 Å². The SMILES string of the molecule is O=C(c1ccc(F)cc1)N1CCS[C@H]1c1cccc(F)c1. The Morgan fingerprint density at radius 3 is 2.57 bits per heavy atom. The van der Waals surface area contributed by atoms with Gasteiger partial charge in [0.2, 0.25) is 0 Å². The van der Waals surface area contributed by atoms with Gasteiger partial charge in [0, 0.05) is 17.9 Å². The van der Waals surface area contributed by atoms with E-state index in [1.807, 2.05) is 6.07 Å². The van der Waals surface area contributed by atoms with E-state index >= 15 is 0 Å².